The Balaban J connectivity index is 1.95. The number of amidine groups is 1. The molecule has 1 aromatic carbocycles. The molecule has 2 aliphatic heterocycles. The molecule has 0 bridgehead atoms. The smallest absolute Gasteiger partial charge is 0.407 e. The Labute approximate surface area is 154 Å². The molecule has 2 aliphatic rings. The predicted molar refractivity (Wildman–Crippen MR) is 94.3 cm³/mol. The van der Waals surface area contributed by atoms with Crippen molar-refractivity contribution in [1.82, 2.24) is 14.4 Å². The van der Waals surface area contributed by atoms with Crippen LogP contribution in [0, 0.1) is 6.92 Å². The molecule has 0 aliphatic carbocycles. The molecule has 1 atom stereocenters. The van der Waals surface area contributed by atoms with Crippen LogP contribution < -0.4 is 9.30 Å². The number of hydrogen-bond donors (Lipinski definition) is 0. The summed E-state index contributed by atoms with van der Waals surface area (Å²) < 4.78 is 9.09. The number of benzene rings is 1. The van der Waals surface area contributed by atoms with Gasteiger partial charge in [-0.2, -0.15) is 4.57 Å². The molecule has 0 N–H and O–H groups in total. The zero-order valence-electron chi connectivity index (χ0n) is 14.7. The summed E-state index contributed by atoms with van der Waals surface area (Å²) in [6, 6.07) is 4.23. The van der Waals surface area contributed by atoms with Crippen molar-refractivity contribution in [3.63, 3.8) is 0 Å². The van der Waals surface area contributed by atoms with Gasteiger partial charge in [0.05, 0.1) is 7.11 Å². The monoisotopic (exact) mass is 374 g/mol. The van der Waals surface area contributed by atoms with Crippen molar-refractivity contribution in [2.24, 2.45) is 4.99 Å². The lowest BCUT2D eigenvalue weighted by Crippen LogP contribution is -2.61. The average molecular weight is 375 g/mol. The van der Waals surface area contributed by atoms with Gasteiger partial charge in [-0.3, -0.25) is 14.6 Å². The van der Waals surface area contributed by atoms with Crippen LogP contribution in [0.4, 0.5) is 10.7 Å². The molecule has 3 amide bonds. The summed E-state index contributed by atoms with van der Waals surface area (Å²) >= 11 is 6.18. The number of imide groups is 1. The summed E-state index contributed by atoms with van der Waals surface area (Å²) in [6.45, 7) is 1.91. The van der Waals surface area contributed by atoms with Crippen LogP contribution in [0.15, 0.2) is 29.4 Å². The molecule has 8 nitrogen and oxygen atoms in total. The van der Waals surface area contributed by atoms with E-state index in [0.717, 1.165) is 10.6 Å². The summed E-state index contributed by atoms with van der Waals surface area (Å²) in [5, 5.41) is 0.554. The van der Waals surface area contributed by atoms with Gasteiger partial charge < -0.3 is 4.74 Å². The van der Waals surface area contributed by atoms with Crippen LogP contribution >= 0.6 is 11.6 Å². The number of carbonyl (C=O) groups excluding carboxylic acids is 2. The van der Waals surface area contributed by atoms with E-state index in [1.165, 1.54) is 11.9 Å². The Bertz CT molecular complexity index is 997. The fraction of sp³-hybridized carbons (Fsp3) is 0.294. The number of methoxy groups -OCH3 is 1. The van der Waals surface area contributed by atoms with Gasteiger partial charge in [0, 0.05) is 25.2 Å². The highest BCUT2D eigenvalue weighted by Crippen LogP contribution is 2.34. The highest BCUT2D eigenvalue weighted by Gasteiger charge is 2.52. The lowest BCUT2D eigenvalue weighted by Gasteiger charge is -2.30. The number of carbonyl (C=O) groups is 2. The van der Waals surface area contributed by atoms with Gasteiger partial charge in [-0.15, -0.1) is 0 Å². The molecule has 1 unspecified atom stereocenters. The van der Waals surface area contributed by atoms with E-state index in [9.17, 15) is 9.59 Å². The number of urea groups is 1. The van der Waals surface area contributed by atoms with Gasteiger partial charge >= 0.3 is 12.0 Å². The van der Waals surface area contributed by atoms with Crippen molar-refractivity contribution in [2.45, 2.75) is 13.0 Å². The molecule has 4 rings (SSSR count). The van der Waals surface area contributed by atoms with Crippen LogP contribution in [-0.2, 0) is 4.79 Å². The molecule has 1 fully saturated rings. The first-order valence-electron chi connectivity index (χ1n) is 7.96. The molecule has 26 heavy (non-hydrogen) atoms. The first kappa shape index (κ1) is 16.6. The molecule has 3 heterocycles. The normalized spacial score (nSPS) is 18.8. The van der Waals surface area contributed by atoms with E-state index in [-0.39, 0.29) is 5.91 Å². The lowest BCUT2D eigenvalue weighted by atomic mass is 10.2. The Morgan fingerprint density at radius 3 is 2.65 bits per heavy atom. The van der Waals surface area contributed by atoms with Crippen molar-refractivity contribution in [3.05, 3.63) is 35.1 Å². The Hall–Kier alpha value is -2.87. The van der Waals surface area contributed by atoms with Gasteiger partial charge in [-0.1, -0.05) is 16.6 Å². The lowest BCUT2D eigenvalue weighted by molar-refractivity contribution is -0.676. The van der Waals surface area contributed by atoms with Crippen LogP contribution in [0.25, 0.3) is 5.69 Å². The molecule has 1 saturated heterocycles. The Morgan fingerprint density at radius 2 is 1.96 bits per heavy atom. The first-order valence-corrected chi connectivity index (χ1v) is 8.34. The molecule has 0 radical (unpaired) electrons. The fourth-order valence-electron chi connectivity index (χ4n) is 3.40. The number of aromatic nitrogens is 2. The van der Waals surface area contributed by atoms with E-state index in [1.807, 2.05) is 17.7 Å². The molecule has 0 saturated carbocycles. The second-order valence-corrected chi connectivity index (χ2v) is 6.68. The van der Waals surface area contributed by atoms with Crippen molar-refractivity contribution in [3.8, 4) is 11.4 Å². The van der Waals surface area contributed by atoms with Crippen LogP contribution in [0.1, 0.15) is 11.7 Å². The number of halogens is 1. The zero-order valence-corrected chi connectivity index (χ0v) is 15.5. The van der Waals surface area contributed by atoms with Gasteiger partial charge in [0.2, 0.25) is 11.9 Å². The van der Waals surface area contributed by atoms with Gasteiger partial charge in [-0.25, -0.2) is 9.36 Å². The van der Waals surface area contributed by atoms with E-state index in [2.05, 4.69) is 4.99 Å². The van der Waals surface area contributed by atoms with Gasteiger partial charge in [0.25, 0.3) is 5.91 Å². The Kier molecular flexibility index (Phi) is 3.55. The maximum atomic E-state index is 12.7. The number of aryl methyl sites for hydroxylation is 1. The van der Waals surface area contributed by atoms with Crippen molar-refractivity contribution in [2.75, 3.05) is 21.2 Å². The summed E-state index contributed by atoms with van der Waals surface area (Å²) in [5.41, 5.74) is 1.57. The van der Waals surface area contributed by atoms with Crippen LogP contribution in [0.3, 0.4) is 0 Å². The summed E-state index contributed by atoms with van der Waals surface area (Å²) in [7, 11) is 4.66. The number of nitrogens with zero attached hydrogens (tertiary/aromatic N) is 5. The number of hydrogen-bond acceptors (Lipinski definition) is 4. The molecule has 9 heteroatoms. The minimum Gasteiger partial charge on any atom is -0.493 e. The number of ether oxygens (including phenoxy) is 1. The maximum Gasteiger partial charge on any atom is 0.407 e. The summed E-state index contributed by atoms with van der Waals surface area (Å²) in [4.78, 5) is 32.0. The third-order valence-electron chi connectivity index (χ3n) is 4.71. The highest BCUT2D eigenvalue weighted by atomic mass is 35.5. The van der Waals surface area contributed by atoms with E-state index >= 15 is 0 Å². The standard InChI is InChI=1S/C17H17ClN5O3/c1-9-8-22-13-14(20(2)17(25)21(3)15(13)24)19-16(22)23(9)11-7-10(18)5-6-12(11)26-4/h5-8,13H,1-4H3/q+1. The van der Waals surface area contributed by atoms with Gasteiger partial charge in [-0.05, 0) is 19.1 Å². The van der Waals surface area contributed by atoms with Crippen LogP contribution in [0.2, 0.25) is 5.02 Å². The Morgan fingerprint density at radius 1 is 1.23 bits per heavy atom. The second-order valence-electron chi connectivity index (χ2n) is 6.24. The quantitative estimate of drug-likeness (QED) is 0.753. The number of imidazole rings is 1. The molecule has 2 aromatic rings. The minimum atomic E-state index is -0.664. The highest BCUT2D eigenvalue weighted by molar-refractivity contribution is 6.30. The number of fused-ring (bicyclic) bond motifs is 3. The third-order valence-corrected chi connectivity index (χ3v) is 4.95. The van der Waals surface area contributed by atoms with Crippen molar-refractivity contribution >= 4 is 35.3 Å². The van der Waals surface area contributed by atoms with Crippen LogP contribution in [-0.4, -0.2) is 53.3 Å². The SMILES string of the molecule is COc1ccc(Cl)cc1-n1c(C)c[n+]2c1N=C1C2C(=O)N(C)C(=O)N1C. The number of aliphatic imine (C=N–C) groups is 1. The zero-order chi connectivity index (χ0) is 18.7. The third kappa shape index (κ3) is 2.08. The molecule has 0 spiro atoms. The molecular formula is C17H17ClN5O3+. The van der Waals surface area contributed by atoms with Crippen LogP contribution in [0.5, 0.6) is 5.75 Å². The van der Waals surface area contributed by atoms with Crippen molar-refractivity contribution < 1.29 is 18.9 Å². The van der Waals surface area contributed by atoms with E-state index in [1.54, 1.807) is 36.9 Å². The van der Waals surface area contributed by atoms with Gasteiger partial charge in [0.15, 0.2) is 11.4 Å². The number of likely N-dealkylation sites (N-methyl/N-ethyl adjacent to an activating group) is 2. The molecule has 134 valence electrons. The minimum absolute atomic E-state index is 0.314. The number of rotatable bonds is 2. The fourth-order valence-corrected chi connectivity index (χ4v) is 3.57. The maximum absolute atomic E-state index is 12.7. The van der Waals surface area contributed by atoms with E-state index in [4.69, 9.17) is 16.3 Å². The predicted octanol–water partition coefficient (Wildman–Crippen LogP) is 1.84. The first-order chi connectivity index (χ1) is 12.3. The second kappa shape index (κ2) is 5.57. The van der Waals surface area contributed by atoms with Gasteiger partial charge in [0.1, 0.15) is 11.9 Å². The van der Waals surface area contributed by atoms with Crippen molar-refractivity contribution in [1.29, 1.82) is 0 Å². The molecular weight excluding hydrogens is 358 g/mol. The topological polar surface area (TPSA) is 71.0 Å². The largest absolute Gasteiger partial charge is 0.493 e. The molecule has 1 aromatic heterocycles. The summed E-state index contributed by atoms with van der Waals surface area (Å²) in [6.07, 6.45) is 1.84. The van der Waals surface area contributed by atoms with E-state index in [0.29, 0.717) is 28.2 Å². The van der Waals surface area contributed by atoms with E-state index < -0.39 is 12.1 Å². The summed E-state index contributed by atoms with van der Waals surface area (Å²) in [5.74, 6) is 1.25. The average Bonchev–Trinajstić information content (AvgIpc) is 3.12. The number of amides is 3.